The first-order valence-corrected chi connectivity index (χ1v) is 17.7. The van der Waals surface area contributed by atoms with E-state index in [4.69, 9.17) is 9.47 Å². The summed E-state index contributed by atoms with van der Waals surface area (Å²) in [5, 5.41) is 3.71. The summed E-state index contributed by atoms with van der Waals surface area (Å²) >= 11 is 0. The van der Waals surface area contributed by atoms with E-state index >= 15 is 13.2 Å². The quantitative estimate of drug-likeness (QED) is 0.292. The van der Waals surface area contributed by atoms with Crippen LogP contribution in [0.25, 0.3) is 11.0 Å². The molecule has 2 aromatic heterocycles. The van der Waals surface area contributed by atoms with Crippen molar-refractivity contribution in [3.63, 3.8) is 0 Å². The molecule has 0 unspecified atom stereocenters. The van der Waals surface area contributed by atoms with Crippen molar-refractivity contribution in [1.29, 1.82) is 0 Å². The molecule has 5 rings (SSSR count). The van der Waals surface area contributed by atoms with Crippen LogP contribution in [0.4, 0.5) is 23.8 Å². The Morgan fingerprint density at radius 2 is 1.72 bits per heavy atom. The molecule has 14 heteroatoms. The molecule has 47 heavy (non-hydrogen) atoms. The van der Waals surface area contributed by atoms with Crippen LogP contribution >= 0.6 is 0 Å². The third-order valence-corrected chi connectivity index (χ3v) is 10.6. The van der Waals surface area contributed by atoms with Crippen molar-refractivity contribution in [2.75, 3.05) is 37.0 Å². The van der Waals surface area contributed by atoms with Gasteiger partial charge in [-0.3, -0.25) is 0 Å². The minimum absolute atomic E-state index is 0.00162. The molecular formula is C33H42F3N5O5S. The second-order valence-electron chi connectivity index (χ2n) is 13.4. The van der Waals surface area contributed by atoms with E-state index in [1.807, 2.05) is 6.07 Å². The Morgan fingerprint density at radius 1 is 1.06 bits per heavy atom. The molecule has 0 radical (unpaired) electrons. The highest BCUT2D eigenvalue weighted by Crippen LogP contribution is 2.44. The topological polar surface area (TPSA) is 124 Å². The summed E-state index contributed by atoms with van der Waals surface area (Å²) in [6.45, 7) is 8.74. The van der Waals surface area contributed by atoms with Gasteiger partial charge >= 0.3 is 6.09 Å². The number of benzene rings is 1. The predicted octanol–water partition coefficient (Wildman–Crippen LogP) is 6.69. The minimum Gasteiger partial charge on any atom is -0.481 e. The molecule has 2 saturated heterocycles. The highest BCUT2D eigenvalue weighted by atomic mass is 32.2. The van der Waals surface area contributed by atoms with Crippen LogP contribution in [0.15, 0.2) is 24.3 Å². The lowest BCUT2D eigenvalue weighted by Gasteiger charge is -2.37. The Balaban J connectivity index is 1.39. The highest BCUT2D eigenvalue weighted by Gasteiger charge is 2.46. The fourth-order valence-electron chi connectivity index (χ4n) is 6.33. The first-order chi connectivity index (χ1) is 22.0. The highest BCUT2D eigenvalue weighted by molar-refractivity contribution is 7.91. The number of sulfone groups is 1. The van der Waals surface area contributed by atoms with Crippen molar-refractivity contribution in [3.8, 4) is 5.88 Å². The van der Waals surface area contributed by atoms with Crippen LogP contribution in [0.1, 0.15) is 87.9 Å². The van der Waals surface area contributed by atoms with Gasteiger partial charge in [-0.05, 0) is 72.3 Å². The average molecular weight is 678 g/mol. The number of hydrogen-bond acceptors (Lipinski definition) is 9. The fourth-order valence-corrected chi connectivity index (χ4v) is 7.82. The number of nitrogens with zero attached hydrogens (tertiary/aromatic N) is 4. The van der Waals surface area contributed by atoms with E-state index in [1.54, 1.807) is 34.6 Å². The van der Waals surface area contributed by atoms with Crippen molar-refractivity contribution in [2.24, 2.45) is 5.92 Å². The van der Waals surface area contributed by atoms with Gasteiger partial charge < -0.3 is 19.7 Å². The number of piperidine rings is 1. The van der Waals surface area contributed by atoms with Crippen LogP contribution in [-0.4, -0.2) is 71.7 Å². The number of methoxy groups -OCH3 is 1. The number of aryl methyl sites for hydroxylation is 1. The lowest BCUT2D eigenvalue weighted by molar-refractivity contribution is -0.0885. The number of carbonyl (C=O) groups excluding carboxylic acids is 1. The molecule has 1 aromatic carbocycles. The Bertz CT molecular complexity index is 1740. The molecule has 1 N–H and O–H groups in total. The van der Waals surface area contributed by atoms with Gasteiger partial charge in [-0.2, -0.15) is 4.98 Å². The van der Waals surface area contributed by atoms with E-state index in [0.717, 1.165) is 11.6 Å². The maximum Gasteiger partial charge on any atom is 0.410 e. The molecule has 3 aromatic rings. The zero-order valence-corrected chi connectivity index (χ0v) is 28.4. The van der Waals surface area contributed by atoms with Crippen LogP contribution in [0.2, 0.25) is 0 Å². The number of nitrogens with one attached hydrogen (secondary N) is 1. The van der Waals surface area contributed by atoms with E-state index in [-0.39, 0.29) is 48.9 Å². The van der Waals surface area contributed by atoms with Gasteiger partial charge in [0.25, 0.3) is 5.92 Å². The summed E-state index contributed by atoms with van der Waals surface area (Å²) in [4.78, 5) is 27.4. The number of pyridine rings is 1. The molecule has 2 aliphatic heterocycles. The van der Waals surface area contributed by atoms with E-state index in [9.17, 15) is 13.2 Å². The number of aromatic nitrogens is 3. The number of fused-ring (bicyclic) bond motifs is 1. The van der Waals surface area contributed by atoms with Gasteiger partial charge in [-0.25, -0.2) is 36.4 Å². The molecular weight excluding hydrogens is 635 g/mol. The van der Waals surface area contributed by atoms with Gasteiger partial charge in [0.15, 0.2) is 5.65 Å². The van der Waals surface area contributed by atoms with Gasteiger partial charge in [0.05, 0.1) is 35.6 Å². The Hall–Kier alpha value is -3.68. The average Bonchev–Trinajstić information content (AvgIpc) is 2.99. The zero-order valence-electron chi connectivity index (χ0n) is 27.6. The van der Waals surface area contributed by atoms with Gasteiger partial charge in [0.2, 0.25) is 5.88 Å². The number of ether oxygens (including phenoxy) is 2. The molecule has 4 heterocycles. The van der Waals surface area contributed by atoms with Gasteiger partial charge in [-0.1, -0.05) is 18.2 Å². The number of rotatable bonds is 7. The summed E-state index contributed by atoms with van der Waals surface area (Å²) < 4.78 is 82.8. The van der Waals surface area contributed by atoms with Crippen molar-refractivity contribution >= 4 is 32.8 Å². The molecule has 1 atom stereocenters. The largest absolute Gasteiger partial charge is 0.481 e. The van der Waals surface area contributed by atoms with Crippen molar-refractivity contribution < 1.29 is 35.9 Å². The number of hydrogen-bond donors (Lipinski definition) is 1. The van der Waals surface area contributed by atoms with Crippen LogP contribution in [0.3, 0.4) is 0 Å². The maximum atomic E-state index is 16.0. The fraction of sp³-hybridized carbons (Fsp3) is 0.576. The monoisotopic (exact) mass is 677 g/mol. The molecule has 0 spiro atoms. The molecule has 2 aliphatic rings. The normalized spacial score (nSPS) is 18.6. The summed E-state index contributed by atoms with van der Waals surface area (Å²) in [5.74, 6) is -4.55. The summed E-state index contributed by atoms with van der Waals surface area (Å²) in [6.07, 6.45) is 0.296. The Kier molecular flexibility index (Phi) is 9.64. The Morgan fingerprint density at radius 3 is 2.34 bits per heavy atom. The third-order valence-electron chi connectivity index (χ3n) is 8.85. The van der Waals surface area contributed by atoms with Crippen molar-refractivity contribution in [3.05, 3.63) is 52.6 Å². The Labute approximate surface area is 273 Å². The molecule has 256 valence electrons. The van der Waals surface area contributed by atoms with E-state index < -0.39 is 50.8 Å². The molecule has 0 aliphatic carbocycles. The van der Waals surface area contributed by atoms with Crippen molar-refractivity contribution in [2.45, 2.75) is 83.8 Å². The third kappa shape index (κ3) is 7.57. The number of carbonyl (C=O) groups is 1. The van der Waals surface area contributed by atoms with Crippen LogP contribution < -0.4 is 10.1 Å². The van der Waals surface area contributed by atoms with Crippen molar-refractivity contribution in [1.82, 2.24) is 19.9 Å². The molecule has 1 amide bonds. The molecule has 2 fully saturated rings. The summed E-state index contributed by atoms with van der Waals surface area (Å²) in [5.41, 5.74) is -0.297. The van der Waals surface area contributed by atoms with Gasteiger partial charge in [0.1, 0.15) is 32.9 Å². The first kappa shape index (κ1) is 34.6. The smallest absolute Gasteiger partial charge is 0.410 e. The number of amides is 1. The zero-order chi connectivity index (χ0) is 34.3. The second-order valence-corrected chi connectivity index (χ2v) is 15.7. The second kappa shape index (κ2) is 13.1. The first-order valence-electron chi connectivity index (χ1n) is 15.8. The summed E-state index contributed by atoms with van der Waals surface area (Å²) in [6, 6.07) is 5.04. The van der Waals surface area contributed by atoms with Crippen LogP contribution in [0, 0.1) is 18.7 Å². The number of alkyl halides is 2. The minimum atomic E-state index is -3.47. The van der Waals surface area contributed by atoms with E-state index in [2.05, 4.69) is 20.3 Å². The van der Waals surface area contributed by atoms with Gasteiger partial charge in [-0.15, -0.1) is 0 Å². The molecule has 10 nitrogen and oxygen atoms in total. The number of likely N-dealkylation sites (tertiary alicyclic amines) is 1. The van der Waals surface area contributed by atoms with Crippen LogP contribution in [0.5, 0.6) is 5.88 Å². The van der Waals surface area contributed by atoms with Gasteiger partial charge in [0, 0.05) is 30.1 Å². The van der Waals surface area contributed by atoms with E-state index in [1.165, 1.54) is 24.1 Å². The number of anilines is 1. The lowest BCUT2D eigenvalue weighted by Crippen LogP contribution is -2.44. The SMILES string of the molecule is COc1nc2nc(C)nc(N[C@H](C)c3cccc(C(F)(F)C4CCN(C(=O)OC(C)(C)C)CC4)c3F)c2cc1C1CCS(=O)(=O)CC1. The van der Waals surface area contributed by atoms with E-state index in [0.29, 0.717) is 41.4 Å². The number of halogens is 3. The maximum absolute atomic E-state index is 16.0. The molecule has 0 bridgehead atoms. The van der Waals surface area contributed by atoms with Crippen LogP contribution in [-0.2, 0) is 20.5 Å². The lowest BCUT2D eigenvalue weighted by atomic mass is 9.85. The molecule has 0 saturated carbocycles. The predicted molar refractivity (Wildman–Crippen MR) is 172 cm³/mol. The summed E-state index contributed by atoms with van der Waals surface area (Å²) in [7, 11) is -1.60. The standard InChI is InChI=1S/C33H42F3N5O5S/c1-19(23-8-7-9-26(27(23)34)33(35,36)22-10-14-41(15-11-22)31(42)46-32(3,4)5)37-28-25-18-24(21-12-16-47(43,44)17-13-21)30(45-6)40-29(25)39-20(2)38-28/h7-9,18-19,21-22H,10-17H2,1-6H3,(H,37,38,39,40)/t19-/m1/s1.